The summed E-state index contributed by atoms with van der Waals surface area (Å²) in [6.45, 7) is 6.40. The lowest BCUT2D eigenvalue weighted by molar-refractivity contribution is -0.140. The van der Waals surface area contributed by atoms with E-state index in [-0.39, 0.29) is 23.2 Å². The first-order chi connectivity index (χ1) is 13.8. The summed E-state index contributed by atoms with van der Waals surface area (Å²) in [7, 11) is 2.28. The van der Waals surface area contributed by atoms with E-state index < -0.39 is 6.04 Å². The third-order valence-corrected chi connectivity index (χ3v) is 7.58. The van der Waals surface area contributed by atoms with Crippen LogP contribution in [0.5, 0.6) is 5.75 Å². The quantitative estimate of drug-likeness (QED) is 0.623. The van der Waals surface area contributed by atoms with E-state index in [2.05, 4.69) is 29.4 Å². The monoisotopic (exact) mass is 398 g/mol. The second-order valence-electron chi connectivity index (χ2n) is 9.67. The summed E-state index contributed by atoms with van der Waals surface area (Å²) in [6, 6.07) is 6.24. The van der Waals surface area contributed by atoms with Crippen molar-refractivity contribution in [3.8, 4) is 5.75 Å². The van der Waals surface area contributed by atoms with Crippen molar-refractivity contribution in [2.75, 3.05) is 13.6 Å². The Kier molecular flexibility index (Phi) is 5.45. The highest BCUT2D eigenvalue weighted by Gasteiger charge is 2.53. The number of ether oxygens (including phenoxy) is 1. The van der Waals surface area contributed by atoms with Gasteiger partial charge < -0.3 is 15.0 Å². The fourth-order valence-electron chi connectivity index (χ4n) is 6.14. The molecule has 1 aliphatic heterocycles. The fraction of sp³-hybridized carbons (Fsp3) is 0.667. The van der Waals surface area contributed by atoms with Crippen molar-refractivity contribution in [1.82, 2.24) is 10.2 Å². The van der Waals surface area contributed by atoms with Crippen LogP contribution in [0.4, 0.5) is 0 Å². The van der Waals surface area contributed by atoms with Crippen LogP contribution in [0.25, 0.3) is 0 Å². The van der Waals surface area contributed by atoms with Crippen molar-refractivity contribution >= 4 is 11.9 Å². The lowest BCUT2D eigenvalue weighted by Crippen LogP contribution is -2.59. The smallest absolute Gasteiger partial charge is 0.334 e. The summed E-state index contributed by atoms with van der Waals surface area (Å²) in [4.78, 5) is 26.8. The highest BCUT2D eigenvalue weighted by Crippen LogP contribution is 2.55. The van der Waals surface area contributed by atoms with E-state index in [1.807, 2.05) is 19.9 Å². The van der Waals surface area contributed by atoms with Crippen LogP contribution in [-0.4, -0.2) is 42.5 Å². The van der Waals surface area contributed by atoms with E-state index >= 15 is 0 Å². The standard InChI is InChI=1S/C24H34N2O3/c1-15(2)22(25-16(3)27)23(28)29-18-9-8-17-13-21-19-7-5-6-10-24(19,20(17)14-18)11-12-26(21)4/h8-9,14-15,19,21-22H,5-7,10-13H2,1-4H3,(H,25,27)/t19-,21+,22+,24+/m1/s1. The van der Waals surface area contributed by atoms with Crippen LogP contribution >= 0.6 is 0 Å². The molecule has 0 spiro atoms. The molecule has 1 amide bonds. The van der Waals surface area contributed by atoms with Crippen molar-refractivity contribution in [3.63, 3.8) is 0 Å². The molecule has 2 fully saturated rings. The Bertz CT molecular complexity index is 805. The Morgan fingerprint density at radius 1 is 1.24 bits per heavy atom. The van der Waals surface area contributed by atoms with Gasteiger partial charge in [-0.2, -0.15) is 0 Å². The molecule has 4 atom stereocenters. The summed E-state index contributed by atoms with van der Waals surface area (Å²) < 4.78 is 5.78. The first-order valence-corrected chi connectivity index (χ1v) is 11.1. The molecule has 158 valence electrons. The highest BCUT2D eigenvalue weighted by molar-refractivity contribution is 5.84. The number of rotatable bonds is 4. The molecule has 1 aromatic carbocycles. The summed E-state index contributed by atoms with van der Waals surface area (Å²) in [5.74, 6) is 0.689. The Hall–Kier alpha value is -1.88. The highest BCUT2D eigenvalue weighted by atomic mass is 16.5. The van der Waals surface area contributed by atoms with Crippen molar-refractivity contribution < 1.29 is 14.3 Å². The maximum absolute atomic E-state index is 12.8. The van der Waals surface area contributed by atoms with Gasteiger partial charge >= 0.3 is 5.97 Å². The summed E-state index contributed by atoms with van der Waals surface area (Å²) in [5.41, 5.74) is 3.07. The molecular formula is C24H34N2O3. The summed E-state index contributed by atoms with van der Waals surface area (Å²) in [6.07, 6.45) is 7.44. The zero-order chi connectivity index (χ0) is 20.8. The summed E-state index contributed by atoms with van der Waals surface area (Å²) in [5, 5.41) is 2.73. The lowest BCUT2D eigenvalue weighted by Gasteiger charge is -2.58. The Labute approximate surface area is 174 Å². The van der Waals surface area contributed by atoms with Gasteiger partial charge in [-0.25, -0.2) is 4.79 Å². The lowest BCUT2D eigenvalue weighted by atomic mass is 9.52. The zero-order valence-electron chi connectivity index (χ0n) is 18.2. The number of hydrogen-bond acceptors (Lipinski definition) is 4. The molecule has 29 heavy (non-hydrogen) atoms. The topological polar surface area (TPSA) is 58.6 Å². The van der Waals surface area contributed by atoms with Crippen LogP contribution in [-0.2, 0) is 21.4 Å². The Morgan fingerprint density at radius 3 is 2.76 bits per heavy atom. The van der Waals surface area contributed by atoms with Gasteiger partial charge in [-0.1, -0.05) is 32.8 Å². The van der Waals surface area contributed by atoms with E-state index in [1.54, 1.807) is 0 Å². The molecule has 1 heterocycles. The first-order valence-electron chi connectivity index (χ1n) is 11.1. The minimum absolute atomic E-state index is 0.0278. The summed E-state index contributed by atoms with van der Waals surface area (Å²) >= 11 is 0. The maximum Gasteiger partial charge on any atom is 0.334 e. The first kappa shape index (κ1) is 20.4. The van der Waals surface area contributed by atoms with Crippen LogP contribution in [0.15, 0.2) is 18.2 Å². The molecule has 0 radical (unpaired) electrons. The van der Waals surface area contributed by atoms with Gasteiger partial charge in [0, 0.05) is 18.4 Å². The molecule has 2 aliphatic carbocycles. The van der Waals surface area contributed by atoms with Crippen LogP contribution in [0.3, 0.4) is 0 Å². The van der Waals surface area contributed by atoms with Gasteiger partial charge in [0.25, 0.3) is 0 Å². The predicted octanol–water partition coefficient (Wildman–Crippen LogP) is 3.44. The number of fused-ring (bicyclic) bond motifs is 1. The third-order valence-electron chi connectivity index (χ3n) is 7.58. The number of hydrogen-bond donors (Lipinski definition) is 1. The minimum atomic E-state index is -0.628. The van der Waals surface area contributed by atoms with Crippen molar-refractivity contribution in [1.29, 1.82) is 0 Å². The minimum Gasteiger partial charge on any atom is -0.425 e. The average molecular weight is 399 g/mol. The van der Waals surface area contributed by atoms with Crippen molar-refractivity contribution in [3.05, 3.63) is 29.3 Å². The number of nitrogens with one attached hydrogen (secondary N) is 1. The molecule has 1 aromatic rings. The number of carbonyl (C=O) groups is 2. The number of likely N-dealkylation sites (N-methyl/N-ethyl adjacent to an activating group) is 1. The third kappa shape index (κ3) is 3.58. The van der Waals surface area contributed by atoms with E-state index in [0.717, 1.165) is 13.0 Å². The van der Waals surface area contributed by atoms with Gasteiger partial charge in [0.05, 0.1) is 0 Å². The molecule has 3 aliphatic rings. The van der Waals surface area contributed by atoms with Gasteiger partial charge in [-0.3, -0.25) is 4.79 Å². The number of nitrogens with zero attached hydrogens (tertiary/aromatic N) is 1. The Balaban J connectivity index is 1.63. The molecule has 5 nitrogen and oxygen atoms in total. The molecule has 5 heteroatoms. The van der Waals surface area contributed by atoms with Gasteiger partial charge in [0.2, 0.25) is 5.91 Å². The molecule has 0 unspecified atom stereocenters. The molecule has 1 saturated carbocycles. The van der Waals surface area contributed by atoms with E-state index in [1.165, 1.54) is 50.2 Å². The van der Waals surface area contributed by atoms with Crippen molar-refractivity contribution in [2.45, 2.75) is 76.8 Å². The largest absolute Gasteiger partial charge is 0.425 e. The van der Waals surface area contributed by atoms with Gasteiger partial charge in [0.1, 0.15) is 11.8 Å². The fourth-order valence-corrected chi connectivity index (χ4v) is 6.14. The SMILES string of the molecule is CC(=O)N[C@H](C(=O)Oc1ccc2c(c1)[C@]13CCCC[C@@H]1[C@H](C2)N(C)CC3)C(C)C. The number of carbonyl (C=O) groups excluding carboxylic acids is 2. The molecule has 1 saturated heterocycles. The number of likely N-dealkylation sites (tertiary alicyclic amines) is 1. The Morgan fingerprint density at radius 2 is 2.03 bits per heavy atom. The number of esters is 1. The average Bonchev–Trinajstić information content (AvgIpc) is 2.69. The second-order valence-corrected chi connectivity index (χ2v) is 9.67. The molecule has 2 bridgehead atoms. The van der Waals surface area contributed by atoms with Gasteiger partial charge in [0.15, 0.2) is 0 Å². The zero-order valence-corrected chi connectivity index (χ0v) is 18.2. The molecular weight excluding hydrogens is 364 g/mol. The van der Waals surface area contributed by atoms with Gasteiger partial charge in [-0.05, 0) is 74.4 Å². The number of benzene rings is 1. The molecule has 0 aromatic heterocycles. The molecule has 1 N–H and O–H groups in total. The van der Waals surface area contributed by atoms with Crippen LogP contribution in [0.1, 0.15) is 64.0 Å². The van der Waals surface area contributed by atoms with Crippen LogP contribution < -0.4 is 10.1 Å². The van der Waals surface area contributed by atoms with Crippen LogP contribution in [0.2, 0.25) is 0 Å². The van der Waals surface area contributed by atoms with Crippen LogP contribution in [0, 0.1) is 11.8 Å². The van der Waals surface area contributed by atoms with E-state index in [9.17, 15) is 9.59 Å². The predicted molar refractivity (Wildman–Crippen MR) is 113 cm³/mol. The van der Waals surface area contributed by atoms with Crippen molar-refractivity contribution in [2.24, 2.45) is 11.8 Å². The molecule has 4 rings (SSSR count). The second kappa shape index (κ2) is 7.75. The number of amides is 1. The van der Waals surface area contributed by atoms with E-state index in [4.69, 9.17) is 4.74 Å². The van der Waals surface area contributed by atoms with Gasteiger partial charge in [-0.15, -0.1) is 0 Å². The normalized spacial score (nSPS) is 29.6. The maximum atomic E-state index is 12.8. The van der Waals surface area contributed by atoms with E-state index in [0.29, 0.717) is 17.7 Å². The number of piperidine rings is 1.